The number of nitrogens with zero attached hydrogens (tertiary/aromatic N) is 1. The van der Waals surface area contributed by atoms with Gasteiger partial charge in [0.2, 0.25) is 0 Å². The lowest BCUT2D eigenvalue weighted by atomic mass is 9.87. The van der Waals surface area contributed by atoms with Crippen molar-refractivity contribution in [2.45, 2.75) is 38.6 Å². The first kappa shape index (κ1) is 13.1. The van der Waals surface area contributed by atoms with Crippen molar-refractivity contribution in [1.29, 1.82) is 0 Å². The Morgan fingerprint density at radius 3 is 2.94 bits per heavy atom. The third-order valence-corrected chi connectivity index (χ3v) is 3.65. The summed E-state index contributed by atoms with van der Waals surface area (Å²) in [5, 5.41) is 12.5. The van der Waals surface area contributed by atoms with Crippen LogP contribution in [-0.4, -0.2) is 22.1 Å². The van der Waals surface area contributed by atoms with Crippen LogP contribution in [-0.2, 0) is 0 Å². The molecule has 18 heavy (non-hydrogen) atoms. The first-order valence-electron chi connectivity index (χ1n) is 6.21. The Morgan fingerprint density at radius 1 is 1.56 bits per heavy atom. The van der Waals surface area contributed by atoms with Crippen molar-refractivity contribution < 1.29 is 9.90 Å². The zero-order chi connectivity index (χ0) is 13.1. The highest BCUT2D eigenvalue weighted by Gasteiger charge is 2.20. The van der Waals surface area contributed by atoms with Gasteiger partial charge in [-0.2, -0.15) is 0 Å². The maximum Gasteiger partial charge on any atom is 0.337 e. The topological polar surface area (TPSA) is 62.2 Å². The lowest BCUT2D eigenvalue weighted by Gasteiger charge is -2.28. The van der Waals surface area contributed by atoms with Gasteiger partial charge in [0.25, 0.3) is 0 Å². The molecule has 1 heterocycles. The number of hydrogen-bond acceptors (Lipinski definition) is 3. The van der Waals surface area contributed by atoms with Gasteiger partial charge >= 0.3 is 5.97 Å². The summed E-state index contributed by atoms with van der Waals surface area (Å²) in [6, 6.07) is 1.82. The minimum absolute atomic E-state index is 0.113. The van der Waals surface area contributed by atoms with Crippen LogP contribution in [0.1, 0.15) is 43.0 Å². The quantitative estimate of drug-likeness (QED) is 0.882. The van der Waals surface area contributed by atoms with Crippen LogP contribution in [0.5, 0.6) is 0 Å². The monoisotopic (exact) mass is 268 g/mol. The maximum absolute atomic E-state index is 10.8. The summed E-state index contributed by atoms with van der Waals surface area (Å²) in [5.41, 5.74) is 0.113. The molecule has 2 N–H and O–H groups in total. The van der Waals surface area contributed by atoms with E-state index in [1.165, 1.54) is 25.1 Å². The van der Waals surface area contributed by atoms with E-state index in [1.54, 1.807) is 0 Å². The lowest BCUT2D eigenvalue weighted by Crippen LogP contribution is -2.26. The molecule has 0 radical (unpaired) electrons. The highest BCUT2D eigenvalue weighted by atomic mass is 35.5. The Balaban J connectivity index is 2.07. The van der Waals surface area contributed by atoms with Crippen LogP contribution in [0.2, 0.25) is 5.02 Å². The van der Waals surface area contributed by atoms with Crippen molar-refractivity contribution in [3.8, 4) is 0 Å². The van der Waals surface area contributed by atoms with E-state index in [9.17, 15) is 4.79 Å². The summed E-state index contributed by atoms with van der Waals surface area (Å²) in [6.07, 6.45) is 6.05. The predicted molar refractivity (Wildman–Crippen MR) is 71.2 cm³/mol. The number of anilines is 1. The van der Waals surface area contributed by atoms with Gasteiger partial charge in [0, 0.05) is 12.2 Å². The summed E-state index contributed by atoms with van der Waals surface area (Å²) < 4.78 is 0. The number of nitrogens with one attached hydrogen (secondary N) is 1. The molecule has 1 saturated carbocycles. The molecular weight excluding hydrogens is 252 g/mol. The fourth-order valence-corrected chi connectivity index (χ4v) is 2.64. The molecule has 0 amide bonds. The summed E-state index contributed by atoms with van der Waals surface area (Å²) in [5.74, 6) is 0.288. The number of carboxylic acids is 1. The number of aromatic nitrogens is 1. The smallest absolute Gasteiger partial charge is 0.337 e. The molecule has 1 aromatic heterocycles. The number of aromatic carboxylic acids is 1. The number of hydrogen-bond donors (Lipinski definition) is 2. The fraction of sp³-hybridized carbons (Fsp3) is 0.538. The summed E-state index contributed by atoms with van der Waals surface area (Å²) >= 11 is 6.04. The van der Waals surface area contributed by atoms with E-state index >= 15 is 0 Å². The Hall–Kier alpha value is -1.29. The van der Waals surface area contributed by atoms with Crippen molar-refractivity contribution in [2.75, 3.05) is 5.32 Å². The van der Waals surface area contributed by atoms with E-state index < -0.39 is 5.97 Å². The van der Waals surface area contributed by atoms with Crippen LogP contribution in [0, 0.1) is 5.92 Å². The molecule has 0 bridgehead atoms. The molecule has 4 nitrogen and oxygen atoms in total. The van der Waals surface area contributed by atoms with Crippen molar-refractivity contribution >= 4 is 23.4 Å². The van der Waals surface area contributed by atoms with Crippen molar-refractivity contribution in [3.63, 3.8) is 0 Å². The highest BCUT2D eigenvalue weighted by molar-refractivity contribution is 6.33. The number of rotatable bonds is 3. The Bertz CT molecular complexity index is 451. The molecule has 0 aromatic carbocycles. The molecule has 1 aliphatic carbocycles. The lowest BCUT2D eigenvalue weighted by molar-refractivity contribution is 0.0696. The maximum atomic E-state index is 10.8. The van der Waals surface area contributed by atoms with Gasteiger partial charge < -0.3 is 10.4 Å². The van der Waals surface area contributed by atoms with Crippen LogP contribution in [0.25, 0.3) is 0 Å². The standard InChI is InChI=1S/C13H17ClN2O2/c1-8-3-2-4-10(5-8)16-12-11(14)6-9(7-15-12)13(17)18/h6-8,10H,2-5H2,1H3,(H,15,16)(H,17,18). The third kappa shape index (κ3) is 3.13. The molecule has 0 spiro atoms. The molecule has 1 fully saturated rings. The summed E-state index contributed by atoms with van der Waals surface area (Å²) in [7, 11) is 0. The molecule has 0 saturated heterocycles. The van der Waals surface area contributed by atoms with Crippen molar-refractivity contribution in [3.05, 3.63) is 22.8 Å². The van der Waals surface area contributed by atoms with E-state index in [0.29, 0.717) is 22.8 Å². The normalized spacial score (nSPS) is 23.7. The average molecular weight is 269 g/mol. The number of pyridine rings is 1. The Kier molecular flexibility index (Phi) is 4.07. The zero-order valence-corrected chi connectivity index (χ0v) is 11.1. The SMILES string of the molecule is CC1CCCC(Nc2ncc(C(=O)O)cc2Cl)C1. The third-order valence-electron chi connectivity index (χ3n) is 3.37. The zero-order valence-electron chi connectivity index (χ0n) is 10.3. The van der Waals surface area contributed by atoms with Gasteiger partial charge in [-0.15, -0.1) is 0 Å². The first-order chi connectivity index (χ1) is 8.56. The van der Waals surface area contributed by atoms with Crippen LogP contribution >= 0.6 is 11.6 Å². The average Bonchev–Trinajstić information content (AvgIpc) is 2.31. The number of carbonyl (C=O) groups is 1. The van der Waals surface area contributed by atoms with E-state index in [4.69, 9.17) is 16.7 Å². The van der Waals surface area contributed by atoms with E-state index in [0.717, 1.165) is 12.8 Å². The minimum Gasteiger partial charge on any atom is -0.478 e. The van der Waals surface area contributed by atoms with Crippen LogP contribution in [0.3, 0.4) is 0 Å². The molecule has 1 aliphatic rings. The molecule has 98 valence electrons. The van der Waals surface area contributed by atoms with Gasteiger partial charge in [-0.25, -0.2) is 9.78 Å². The Labute approximate surface area is 111 Å². The summed E-state index contributed by atoms with van der Waals surface area (Å²) in [4.78, 5) is 14.9. The predicted octanol–water partition coefficient (Wildman–Crippen LogP) is 3.42. The molecular formula is C13H17ClN2O2. The van der Waals surface area contributed by atoms with E-state index in [-0.39, 0.29) is 5.56 Å². The highest BCUT2D eigenvalue weighted by Crippen LogP contribution is 2.28. The van der Waals surface area contributed by atoms with Crippen molar-refractivity contribution in [2.24, 2.45) is 5.92 Å². The van der Waals surface area contributed by atoms with Gasteiger partial charge in [-0.1, -0.05) is 31.4 Å². The molecule has 5 heteroatoms. The molecule has 2 rings (SSSR count). The molecule has 1 aromatic rings. The van der Waals surface area contributed by atoms with Crippen LogP contribution in [0.4, 0.5) is 5.82 Å². The van der Waals surface area contributed by atoms with Gasteiger partial charge in [0.1, 0.15) is 5.82 Å². The summed E-state index contributed by atoms with van der Waals surface area (Å²) in [6.45, 7) is 2.25. The Morgan fingerprint density at radius 2 is 2.33 bits per heavy atom. The van der Waals surface area contributed by atoms with E-state index in [1.807, 2.05) is 0 Å². The van der Waals surface area contributed by atoms with Gasteiger partial charge in [0.15, 0.2) is 0 Å². The van der Waals surface area contributed by atoms with Crippen molar-refractivity contribution in [1.82, 2.24) is 4.98 Å². The fourth-order valence-electron chi connectivity index (χ4n) is 2.42. The van der Waals surface area contributed by atoms with Crippen LogP contribution < -0.4 is 5.32 Å². The number of carboxylic acid groups (broad SMARTS) is 1. The first-order valence-corrected chi connectivity index (χ1v) is 6.59. The van der Waals surface area contributed by atoms with Gasteiger partial charge in [-0.05, 0) is 24.8 Å². The van der Waals surface area contributed by atoms with E-state index in [2.05, 4.69) is 17.2 Å². The number of halogens is 1. The van der Waals surface area contributed by atoms with Gasteiger partial charge in [0.05, 0.1) is 10.6 Å². The largest absolute Gasteiger partial charge is 0.478 e. The van der Waals surface area contributed by atoms with Gasteiger partial charge in [-0.3, -0.25) is 0 Å². The second kappa shape index (κ2) is 5.57. The second-order valence-corrected chi connectivity index (χ2v) is 5.38. The molecule has 2 unspecified atom stereocenters. The second-order valence-electron chi connectivity index (χ2n) is 4.97. The van der Waals surface area contributed by atoms with Crippen LogP contribution in [0.15, 0.2) is 12.3 Å². The molecule has 2 atom stereocenters. The molecule has 0 aliphatic heterocycles. The minimum atomic E-state index is -1.01.